The number of carbonyl (C=O) groups is 2. The second-order valence-corrected chi connectivity index (χ2v) is 4.18. The van der Waals surface area contributed by atoms with Crippen molar-refractivity contribution in [2.24, 2.45) is 5.92 Å². The minimum Gasteiger partial charge on any atom is -0.481 e. The molecule has 1 rings (SSSR count). The molecule has 4 nitrogen and oxygen atoms in total. The predicted molar refractivity (Wildman–Crippen MR) is 52.2 cm³/mol. The topological polar surface area (TPSA) is 57.6 Å². The van der Waals surface area contributed by atoms with E-state index in [1.54, 1.807) is 6.92 Å². The molecule has 0 aromatic carbocycles. The van der Waals surface area contributed by atoms with Gasteiger partial charge in [0.15, 0.2) is 0 Å². The van der Waals surface area contributed by atoms with Gasteiger partial charge in [0.2, 0.25) is 5.91 Å². The van der Waals surface area contributed by atoms with E-state index in [4.69, 9.17) is 5.11 Å². The molecule has 1 aliphatic rings. The summed E-state index contributed by atoms with van der Waals surface area (Å²) in [5.74, 6) is -2.31. The highest BCUT2D eigenvalue weighted by molar-refractivity contribution is 5.79. The van der Waals surface area contributed by atoms with Gasteiger partial charge in [0, 0.05) is 19.0 Å². The summed E-state index contributed by atoms with van der Waals surface area (Å²) in [6.45, 7) is 1.77. The normalized spacial score (nSPS) is 25.1. The zero-order valence-corrected chi connectivity index (χ0v) is 9.33. The number of hydrogen-bond donors (Lipinski definition) is 1. The van der Waals surface area contributed by atoms with E-state index in [0.717, 1.165) is 0 Å². The van der Waals surface area contributed by atoms with Crippen LogP contribution >= 0.6 is 0 Å². The molecule has 7 heteroatoms. The van der Waals surface area contributed by atoms with Crippen LogP contribution in [0.5, 0.6) is 0 Å². The SMILES string of the molecule is CC1C(C(=O)O)CCN1C(=O)CCC(F)(F)F. The van der Waals surface area contributed by atoms with E-state index in [2.05, 4.69) is 0 Å². The predicted octanol–water partition coefficient (Wildman–Crippen LogP) is 1.65. The lowest BCUT2D eigenvalue weighted by molar-refractivity contribution is -0.150. The summed E-state index contributed by atoms with van der Waals surface area (Å²) in [6.07, 6.45) is -5.83. The number of halogens is 3. The summed E-state index contributed by atoms with van der Waals surface area (Å²) < 4.78 is 35.8. The lowest BCUT2D eigenvalue weighted by atomic mass is 10.0. The molecule has 0 bridgehead atoms. The summed E-state index contributed by atoms with van der Waals surface area (Å²) in [7, 11) is 0. The molecule has 2 atom stereocenters. The molecule has 17 heavy (non-hydrogen) atoms. The minimum atomic E-state index is -4.36. The Bertz CT molecular complexity index is 316. The molecule has 0 aromatic rings. The van der Waals surface area contributed by atoms with Gasteiger partial charge in [0.1, 0.15) is 0 Å². The van der Waals surface area contributed by atoms with Crippen molar-refractivity contribution in [1.82, 2.24) is 4.90 Å². The van der Waals surface area contributed by atoms with Crippen molar-refractivity contribution in [3.05, 3.63) is 0 Å². The average molecular weight is 253 g/mol. The molecule has 0 saturated carbocycles. The fourth-order valence-corrected chi connectivity index (χ4v) is 2.01. The number of carbonyl (C=O) groups excluding carboxylic acids is 1. The van der Waals surface area contributed by atoms with Crippen LogP contribution in [-0.2, 0) is 9.59 Å². The van der Waals surface area contributed by atoms with Crippen molar-refractivity contribution < 1.29 is 27.9 Å². The van der Waals surface area contributed by atoms with Crippen LogP contribution < -0.4 is 0 Å². The monoisotopic (exact) mass is 253 g/mol. The summed E-state index contributed by atoms with van der Waals surface area (Å²) in [5, 5.41) is 8.82. The van der Waals surface area contributed by atoms with Gasteiger partial charge in [0.25, 0.3) is 0 Å². The number of aliphatic carboxylic acids is 1. The molecule has 1 amide bonds. The Morgan fingerprint density at radius 2 is 2.00 bits per heavy atom. The standard InChI is InChI=1S/C10H14F3NO3/c1-6-7(9(16)17)3-5-14(6)8(15)2-4-10(11,12)13/h6-7H,2-5H2,1H3,(H,16,17). The summed E-state index contributed by atoms with van der Waals surface area (Å²) >= 11 is 0. The average Bonchev–Trinajstić information content (AvgIpc) is 2.55. The smallest absolute Gasteiger partial charge is 0.389 e. The van der Waals surface area contributed by atoms with E-state index in [9.17, 15) is 22.8 Å². The molecule has 1 fully saturated rings. The Morgan fingerprint density at radius 1 is 1.41 bits per heavy atom. The van der Waals surface area contributed by atoms with Crippen LogP contribution in [0.15, 0.2) is 0 Å². The first kappa shape index (κ1) is 13.8. The summed E-state index contributed by atoms with van der Waals surface area (Å²) in [6, 6.07) is -0.534. The third-order valence-corrected chi connectivity index (χ3v) is 3.01. The van der Waals surface area contributed by atoms with Crippen molar-refractivity contribution in [3.8, 4) is 0 Å². The Hall–Kier alpha value is -1.27. The summed E-state index contributed by atoms with van der Waals surface area (Å²) in [4.78, 5) is 23.5. The third-order valence-electron chi connectivity index (χ3n) is 3.01. The second-order valence-electron chi connectivity index (χ2n) is 4.18. The molecule has 0 aromatic heterocycles. The highest BCUT2D eigenvalue weighted by atomic mass is 19.4. The maximum atomic E-state index is 11.9. The molecule has 0 aliphatic carbocycles. The fraction of sp³-hybridized carbons (Fsp3) is 0.800. The van der Waals surface area contributed by atoms with Crippen LogP contribution in [0.3, 0.4) is 0 Å². The number of amides is 1. The van der Waals surface area contributed by atoms with Gasteiger partial charge in [-0.2, -0.15) is 13.2 Å². The van der Waals surface area contributed by atoms with Crippen LogP contribution in [0.4, 0.5) is 13.2 Å². The number of nitrogens with zero attached hydrogens (tertiary/aromatic N) is 1. The van der Waals surface area contributed by atoms with Crippen LogP contribution in [0.1, 0.15) is 26.2 Å². The molecule has 98 valence electrons. The number of carboxylic acids is 1. The Kier molecular flexibility index (Phi) is 4.00. The number of rotatable bonds is 3. The van der Waals surface area contributed by atoms with Crippen LogP contribution in [-0.4, -0.2) is 40.6 Å². The highest BCUT2D eigenvalue weighted by Crippen LogP contribution is 2.27. The van der Waals surface area contributed by atoms with Crippen molar-refractivity contribution in [2.75, 3.05) is 6.54 Å². The molecule has 0 spiro atoms. The zero-order chi connectivity index (χ0) is 13.2. The summed E-state index contributed by atoms with van der Waals surface area (Å²) in [5.41, 5.74) is 0. The number of likely N-dealkylation sites (tertiary alicyclic amines) is 1. The number of carboxylic acid groups (broad SMARTS) is 1. The van der Waals surface area contributed by atoms with Crippen LogP contribution in [0.25, 0.3) is 0 Å². The molecule has 1 saturated heterocycles. The van der Waals surface area contributed by atoms with Gasteiger partial charge >= 0.3 is 12.1 Å². The number of alkyl halides is 3. The maximum Gasteiger partial charge on any atom is 0.389 e. The van der Waals surface area contributed by atoms with E-state index < -0.39 is 42.9 Å². The molecule has 1 aliphatic heterocycles. The van der Waals surface area contributed by atoms with Crippen LogP contribution in [0, 0.1) is 5.92 Å². The first-order chi connectivity index (χ1) is 7.72. The fourth-order valence-electron chi connectivity index (χ4n) is 2.01. The van der Waals surface area contributed by atoms with Crippen molar-refractivity contribution in [3.63, 3.8) is 0 Å². The highest BCUT2D eigenvalue weighted by Gasteiger charge is 2.39. The Balaban J connectivity index is 2.52. The minimum absolute atomic E-state index is 0.217. The molecule has 1 N–H and O–H groups in total. The quantitative estimate of drug-likeness (QED) is 0.832. The Labute approximate surface area is 96.4 Å². The van der Waals surface area contributed by atoms with E-state index in [1.807, 2.05) is 0 Å². The second kappa shape index (κ2) is 4.93. The number of hydrogen-bond acceptors (Lipinski definition) is 2. The van der Waals surface area contributed by atoms with Gasteiger partial charge in [-0.1, -0.05) is 0 Å². The molecule has 1 heterocycles. The first-order valence-electron chi connectivity index (χ1n) is 5.31. The van der Waals surface area contributed by atoms with Gasteiger partial charge in [-0.25, -0.2) is 0 Å². The van der Waals surface area contributed by atoms with Gasteiger partial charge in [-0.3, -0.25) is 9.59 Å². The van der Waals surface area contributed by atoms with Gasteiger partial charge in [0.05, 0.1) is 12.3 Å². The Morgan fingerprint density at radius 3 is 2.41 bits per heavy atom. The lowest BCUT2D eigenvalue weighted by Gasteiger charge is -2.23. The van der Waals surface area contributed by atoms with Crippen molar-refractivity contribution in [2.45, 2.75) is 38.4 Å². The molecular formula is C10H14F3NO3. The van der Waals surface area contributed by atoms with Gasteiger partial charge < -0.3 is 10.0 Å². The molecule has 2 unspecified atom stereocenters. The largest absolute Gasteiger partial charge is 0.481 e. The van der Waals surface area contributed by atoms with Crippen molar-refractivity contribution in [1.29, 1.82) is 0 Å². The van der Waals surface area contributed by atoms with E-state index >= 15 is 0 Å². The van der Waals surface area contributed by atoms with Gasteiger partial charge in [-0.05, 0) is 13.3 Å². The zero-order valence-electron chi connectivity index (χ0n) is 9.33. The molecular weight excluding hydrogens is 239 g/mol. The van der Waals surface area contributed by atoms with Crippen molar-refractivity contribution >= 4 is 11.9 Å². The van der Waals surface area contributed by atoms with E-state index in [0.29, 0.717) is 6.42 Å². The molecule has 0 radical (unpaired) electrons. The lowest BCUT2D eigenvalue weighted by Crippen LogP contribution is -2.38. The van der Waals surface area contributed by atoms with Crippen LogP contribution in [0.2, 0.25) is 0 Å². The third kappa shape index (κ3) is 3.61. The van der Waals surface area contributed by atoms with E-state index in [-0.39, 0.29) is 6.54 Å². The first-order valence-corrected chi connectivity index (χ1v) is 5.31. The maximum absolute atomic E-state index is 11.9. The van der Waals surface area contributed by atoms with E-state index in [1.165, 1.54) is 4.90 Å². The van der Waals surface area contributed by atoms with Gasteiger partial charge in [-0.15, -0.1) is 0 Å².